The minimum Gasteiger partial charge on any atom is -0.462 e. The third-order valence-corrected chi connectivity index (χ3v) is 18.7. The molecule has 0 aromatic rings. The van der Waals surface area contributed by atoms with Crippen LogP contribution in [0.2, 0.25) is 0 Å². The maximum atomic E-state index is 13.1. The van der Waals surface area contributed by atoms with E-state index >= 15 is 0 Å². The molecule has 3 N–H and O–H groups in total. The van der Waals surface area contributed by atoms with E-state index in [1.807, 2.05) is 18.2 Å². The number of unbranched alkanes of at least 4 members (excludes halogenated alkanes) is 26. The summed E-state index contributed by atoms with van der Waals surface area (Å²) in [5.74, 6) is -2.31. The van der Waals surface area contributed by atoms with Crippen molar-refractivity contribution in [1.29, 1.82) is 0 Å². The Morgan fingerprint density at radius 2 is 0.509 bits per heavy atom. The molecule has 106 heavy (non-hydrogen) atoms. The average Bonchev–Trinajstić information content (AvgIpc) is 0.933. The molecule has 0 aliphatic rings. The topological polar surface area (TPSA) is 237 Å². The van der Waals surface area contributed by atoms with Crippen molar-refractivity contribution in [2.24, 2.45) is 0 Å². The van der Waals surface area contributed by atoms with Gasteiger partial charge >= 0.3 is 39.5 Å². The molecule has 0 radical (unpaired) electrons. The molecular formula is C87H146O17P2. The predicted octanol–water partition coefficient (Wildman–Crippen LogP) is 24.2. The summed E-state index contributed by atoms with van der Waals surface area (Å²) in [7, 11) is -10.00. The van der Waals surface area contributed by atoms with Gasteiger partial charge in [0, 0.05) is 25.7 Å². The Morgan fingerprint density at radius 3 is 0.840 bits per heavy atom. The summed E-state index contributed by atoms with van der Waals surface area (Å²) < 4.78 is 68.6. The summed E-state index contributed by atoms with van der Waals surface area (Å²) in [6.07, 6.45) is 89.7. The molecule has 19 heteroatoms. The van der Waals surface area contributed by atoms with Gasteiger partial charge < -0.3 is 33.8 Å². The van der Waals surface area contributed by atoms with Crippen LogP contribution in [0.1, 0.15) is 323 Å². The molecule has 606 valence electrons. The van der Waals surface area contributed by atoms with E-state index in [4.69, 9.17) is 37.0 Å². The minimum atomic E-state index is -5.00. The van der Waals surface area contributed by atoms with Crippen LogP contribution >= 0.6 is 15.6 Å². The lowest BCUT2D eigenvalue weighted by atomic mass is 10.1. The number of hydrogen-bond donors (Lipinski definition) is 3. The second-order valence-electron chi connectivity index (χ2n) is 27.0. The lowest BCUT2D eigenvalue weighted by Crippen LogP contribution is -2.30. The number of aliphatic hydroxyl groups is 1. The summed E-state index contributed by atoms with van der Waals surface area (Å²) in [5.41, 5.74) is 0. The van der Waals surface area contributed by atoms with Crippen molar-refractivity contribution in [3.8, 4) is 0 Å². The summed E-state index contributed by atoms with van der Waals surface area (Å²) in [5, 5.41) is 10.6. The molecule has 0 amide bonds. The number of rotatable bonds is 76. The Balaban J connectivity index is 5.44. The van der Waals surface area contributed by atoms with Gasteiger partial charge in [-0.3, -0.25) is 37.3 Å². The van der Waals surface area contributed by atoms with Crippen LogP contribution in [0.3, 0.4) is 0 Å². The third kappa shape index (κ3) is 77.1. The number of aliphatic hydroxyl groups excluding tert-OH is 1. The molecule has 0 bridgehead atoms. The van der Waals surface area contributed by atoms with Crippen LogP contribution in [0.15, 0.2) is 146 Å². The van der Waals surface area contributed by atoms with E-state index in [2.05, 4.69) is 155 Å². The number of phosphoric ester groups is 2. The normalized spacial score (nSPS) is 14.6. The predicted molar refractivity (Wildman–Crippen MR) is 436 cm³/mol. The van der Waals surface area contributed by atoms with Gasteiger partial charge in [-0.15, -0.1) is 0 Å². The molecule has 17 nitrogen and oxygen atoms in total. The van der Waals surface area contributed by atoms with Gasteiger partial charge in [0.25, 0.3) is 0 Å². The van der Waals surface area contributed by atoms with Crippen LogP contribution in [0, 0.1) is 0 Å². The van der Waals surface area contributed by atoms with Crippen LogP contribution in [0.5, 0.6) is 0 Å². The van der Waals surface area contributed by atoms with Gasteiger partial charge in [-0.2, -0.15) is 0 Å². The quantitative estimate of drug-likeness (QED) is 0.0169. The van der Waals surface area contributed by atoms with Crippen molar-refractivity contribution >= 4 is 39.5 Å². The lowest BCUT2D eigenvalue weighted by molar-refractivity contribution is -0.161. The monoisotopic (exact) mass is 1530 g/mol. The highest BCUT2D eigenvalue weighted by molar-refractivity contribution is 7.47. The number of ether oxygens (including phenoxy) is 4. The van der Waals surface area contributed by atoms with Crippen molar-refractivity contribution in [1.82, 2.24) is 0 Å². The zero-order valence-electron chi connectivity index (χ0n) is 66.3. The molecule has 0 heterocycles. The first-order valence-electron chi connectivity index (χ1n) is 41.1. The summed E-state index contributed by atoms with van der Waals surface area (Å²) >= 11 is 0. The number of carbonyl (C=O) groups is 4. The second kappa shape index (κ2) is 78.1. The van der Waals surface area contributed by atoms with Crippen LogP contribution in [-0.2, 0) is 65.4 Å². The molecule has 0 saturated heterocycles. The average molecular weight is 1530 g/mol. The third-order valence-electron chi connectivity index (χ3n) is 16.8. The van der Waals surface area contributed by atoms with Crippen molar-refractivity contribution in [3.05, 3.63) is 146 Å². The Hall–Kier alpha value is -5.06. The highest BCUT2D eigenvalue weighted by Gasteiger charge is 2.30. The standard InChI is InChI=1S/C87H146O17P2/c1-5-9-13-17-21-25-29-33-36-38-40-42-45-48-51-55-59-63-67-71-84(89)97-77-82(103-86(91)73-69-65-61-57-53-47-32-28-24-20-16-12-8-4)79-101-105(93,94)99-75-81(88)76-100-106(95,96)102-80-83(104-87(92)74-70-66-62-58-54-50-44-35-31-27-23-19-15-11-7-3)78-98-85(90)72-68-64-60-56-52-49-46-43-41-39-37-34-30-26-22-18-14-10-6-2/h10,14,21-23,25-28,32-37,40-44,49,52,60,64,81-83,88H,5-9,11-13,15-20,24,29-31,38-39,45-48,50-51,53-59,61-63,65-80H2,1-4H3,(H,93,94)(H,95,96)/b14-10-,25-21-,26-22-,27-23-,32-28-,36-33-,37-34-,42-40-,43-41-,44-35-,52-49-,64-60-. The molecule has 0 rings (SSSR count). The molecule has 0 aliphatic heterocycles. The van der Waals surface area contributed by atoms with Crippen molar-refractivity contribution < 1.29 is 80.2 Å². The van der Waals surface area contributed by atoms with E-state index in [1.54, 1.807) is 0 Å². The zero-order chi connectivity index (χ0) is 77.4. The van der Waals surface area contributed by atoms with E-state index in [1.165, 1.54) is 64.2 Å². The number of hydrogen-bond acceptors (Lipinski definition) is 15. The first-order chi connectivity index (χ1) is 51.7. The zero-order valence-corrected chi connectivity index (χ0v) is 68.1. The Bertz CT molecular complexity index is 2580. The number of allylic oxidation sites excluding steroid dienone is 24. The maximum Gasteiger partial charge on any atom is 0.472 e. The number of esters is 4. The maximum absolute atomic E-state index is 13.1. The van der Waals surface area contributed by atoms with E-state index in [-0.39, 0.29) is 25.7 Å². The summed E-state index contributed by atoms with van der Waals surface area (Å²) in [4.78, 5) is 73.1. The van der Waals surface area contributed by atoms with Crippen LogP contribution in [-0.4, -0.2) is 96.7 Å². The van der Waals surface area contributed by atoms with Gasteiger partial charge in [0.05, 0.1) is 26.4 Å². The van der Waals surface area contributed by atoms with Gasteiger partial charge in [-0.25, -0.2) is 9.13 Å². The van der Waals surface area contributed by atoms with Gasteiger partial charge in [0.15, 0.2) is 12.2 Å². The molecular weight excluding hydrogens is 1380 g/mol. The molecule has 5 atom stereocenters. The fourth-order valence-electron chi connectivity index (χ4n) is 10.5. The lowest BCUT2D eigenvalue weighted by Gasteiger charge is -2.21. The molecule has 5 unspecified atom stereocenters. The van der Waals surface area contributed by atoms with Crippen molar-refractivity contribution in [3.63, 3.8) is 0 Å². The number of phosphoric acid groups is 2. The summed E-state index contributed by atoms with van der Waals surface area (Å²) in [6.45, 7) is 4.58. The number of carbonyl (C=O) groups excluding carboxylic acids is 4. The molecule has 0 aromatic carbocycles. The van der Waals surface area contributed by atoms with Crippen molar-refractivity contribution in [2.45, 2.75) is 341 Å². The minimum absolute atomic E-state index is 0.0293. The summed E-state index contributed by atoms with van der Waals surface area (Å²) in [6, 6.07) is 0. The van der Waals surface area contributed by atoms with E-state index in [0.717, 1.165) is 173 Å². The second-order valence-corrected chi connectivity index (χ2v) is 29.9. The van der Waals surface area contributed by atoms with Gasteiger partial charge in [0.1, 0.15) is 19.3 Å². The Kier molecular flexibility index (Phi) is 74.3. The molecule has 0 fully saturated rings. The fourth-order valence-corrected chi connectivity index (χ4v) is 12.1. The molecule has 0 spiro atoms. The van der Waals surface area contributed by atoms with E-state index in [9.17, 15) is 43.2 Å². The molecule has 0 saturated carbocycles. The van der Waals surface area contributed by atoms with Gasteiger partial charge in [-0.05, 0) is 161 Å². The van der Waals surface area contributed by atoms with E-state index < -0.39 is 97.5 Å². The molecule has 0 aliphatic carbocycles. The van der Waals surface area contributed by atoms with Gasteiger partial charge in [0.2, 0.25) is 0 Å². The fraction of sp³-hybridized carbons (Fsp3) is 0.678. The first-order valence-corrected chi connectivity index (χ1v) is 44.1. The van der Waals surface area contributed by atoms with Crippen LogP contribution in [0.25, 0.3) is 0 Å². The van der Waals surface area contributed by atoms with Crippen LogP contribution in [0.4, 0.5) is 0 Å². The van der Waals surface area contributed by atoms with Crippen LogP contribution < -0.4 is 0 Å². The highest BCUT2D eigenvalue weighted by atomic mass is 31.2. The Morgan fingerprint density at radius 1 is 0.274 bits per heavy atom. The van der Waals surface area contributed by atoms with Crippen molar-refractivity contribution in [2.75, 3.05) is 39.6 Å². The largest absolute Gasteiger partial charge is 0.472 e. The molecule has 0 aromatic heterocycles. The Labute approximate surface area is 643 Å². The highest BCUT2D eigenvalue weighted by Crippen LogP contribution is 2.45. The van der Waals surface area contributed by atoms with Gasteiger partial charge in [-0.1, -0.05) is 283 Å². The first kappa shape index (κ1) is 101. The SMILES string of the molecule is CC/C=C\C/C=C\C/C=C\C/C=C\C/C=C\C/C=C\CCC(=O)OCC(COP(=O)(O)OCC(O)COP(=O)(O)OCC(COC(=O)CCCCCCCC/C=C\C/C=C\C/C=C\CCCCC)OC(=O)CCCCCCC/C=C\CCCCCC)OC(=O)CCCCCCC/C=C\C/C=C\CCCCC. The van der Waals surface area contributed by atoms with E-state index in [0.29, 0.717) is 32.1 Å². The smallest absolute Gasteiger partial charge is 0.462 e.